The normalized spacial score (nSPS) is 11.6. The predicted molar refractivity (Wildman–Crippen MR) is 95.1 cm³/mol. The predicted octanol–water partition coefficient (Wildman–Crippen LogP) is 3.93. The van der Waals surface area contributed by atoms with Gasteiger partial charge >= 0.3 is 0 Å². The third-order valence-electron chi connectivity index (χ3n) is 3.82. The number of ketones is 1. The van der Waals surface area contributed by atoms with Crippen LogP contribution in [0.15, 0.2) is 66.9 Å². The highest BCUT2D eigenvalue weighted by atomic mass is 16.1. The summed E-state index contributed by atoms with van der Waals surface area (Å²) in [7, 11) is 0. The first-order valence-corrected chi connectivity index (χ1v) is 7.80. The summed E-state index contributed by atoms with van der Waals surface area (Å²) in [5, 5.41) is 4.65. The number of para-hydroxylation sites is 1. The molecular weight excluding hydrogens is 284 g/mol. The van der Waals surface area contributed by atoms with E-state index in [1.54, 1.807) is 13.0 Å². The quantitative estimate of drug-likeness (QED) is 0.678. The second kappa shape index (κ2) is 6.97. The summed E-state index contributed by atoms with van der Waals surface area (Å²) in [6.45, 7) is 2.35. The number of allylic oxidation sites excluding steroid dienone is 1. The Morgan fingerprint density at radius 2 is 1.83 bits per heavy atom. The average molecular weight is 304 g/mol. The zero-order chi connectivity index (χ0) is 16.1. The number of aromatic amines is 1. The lowest BCUT2D eigenvalue weighted by atomic mass is 10.1. The van der Waals surface area contributed by atoms with E-state index in [0.717, 1.165) is 29.7 Å². The third kappa shape index (κ3) is 3.69. The van der Waals surface area contributed by atoms with Crippen molar-refractivity contribution in [3.05, 3.63) is 78.0 Å². The Hall–Kier alpha value is -2.81. The number of nitrogens with one attached hydrogen (secondary N) is 2. The zero-order valence-corrected chi connectivity index (χ0v) is 13.2. The van der Waals surface area contributed by atoms with E-state index < -0.39 is 0 Å². The van der Waals surface area contributed by atoms with Crippen LogP contribution in [0.25, 0.3) is 16.6 Å². The van der Waals surface area contributed by atoms with E-state index in [0.29, 0.717) is 0 Å². The minimum Gasteiger partial charge on any atom is -0.384 e. The van der Waals surface area contributed by atoms with E-state index in [4.69, 9.17) is 0 Å². The number of aromatic nitrogens is 1. The van der Waals surface area contributed by atoms with Gasteiger partial charge in [0.05, 0.1) is 0 Å². The molecular formula is C20H20N2O. The van der Waals surface area contributed by atoms with Gasteiger partial charge < -0.3 is 10.3 Å². The number of hydrogen-bond donors (Lipinski definition) is 2. The molecule has 2 N–H and O–H groups in total. The summed E-state index contributed by atoms with van der Waals surface area (Å²) in [5.41, 5.74) is 4.34. The maximum atomic E-state index is 11.5. The number of rotatable bonds is 6. The standard InChI is InChI=1S/C20H20N2O/c1-15(23)13-20(16-7-3-2-4-8-16)21-12-11-17-14-22-19-10-6-5-9-18(17)19/h2-10,13-14,21-22H,11-12H2,1H3. The molecule has 3 rings (SSSR count). The van der Waals surface area contributed by atoms with E-state index in [1.807, 2.05) is 36.4 Å². The van der Waals surface area contributed by atoms with Crippen LogP contribution in [-0.2, 0) is 11.2 Å². The molecule has 0 aliphatic rings. The van der Waals surface area contributed by atoms with Crippen molar-refractivity contribution in [3.8, 4) is 0 Å². The monoisotopic (exact) mass is 304 g/mol. The van der Waals surface area contributed by atoms with Gasteiger partial charge in [-0.1, -0.05) is 48.5 Å². The molecule has 0 bridgehead atoms. The summed E-state index contributed by atoms with van der Waals surface area (Å²) in [4.78, 5) is 14.8. The van der Waals surface area contributed by atoms with Crippen molar-refractivity contribution in [1.29, 1.82) is 0 Å². The van der Waals surface area contributed by atoms with Crippen molar-refractivity contribution in [2.75, 3.05) is 6.54 Å². The summed E-state index contributed by atoms with van der Waals surface area (Å²) in [5.74, 6) is 0.0449. The van der Waals surface area contributed by atoms with Crippen LogP contribution >= 0.6 is 0 Å². The van der Waals surface area contributed by atoms with Gasteiger partial charge in [0.2, 0.25) is 0 Å². The van der Waals surface area contributed by atoms with Gasteiger partial charge in [0.25, 0.3) is 0 Å². The highest BCUT2D eigenvalue weighted by Crippen LogP contribution is 2.18. The lowest BCUT2D eigenvalue weighted by molar-refractivity contribution is -0.112. The second-order valence-corrected chi connectivity index (χ2v) is 5.57. The first kappa shape index (κ1) is 15.1. The van der Waals surface area contributed by atoms with Crippen LogP contribution in [0.2, 0.25) is 0 Å². The summed E-state index contributed by atoms with van der Waals surface area (Å²) in [6.07, 6.45) is 4.61. The van der Waals surface area contributed by atoms with Gasteiger partial charge in [-0.2, -0.15) is 0 Å². The molecule has 0 spiro atoms. The van der Waals surface area contributed by atoms with Gasteiger partial charge in [-0.05, 0) is 30.5 Å². The van der Waals surface area contributed by atoms with Crippen molar-refractivity contribution in [1.82, 2.24) is 10.3 Å². The molecule has 3 aromatic rings. The topological polar surface area (TPSA) is 44.9 Å². The summed E-state index contributed by atoms with van der Waals surface area (Å²) < 4.78 is 0. The Balaban J connectivity index is 1.71. The van der Waals surface area contributed by atoms with Gasteiger partial charge in [0.1, 0.15) is 0 Å². The molecule has 0 radical (unpaired) electrons. The molecule has 0 unspecified atom stereocenters. The van der Waals surface area contributed by atoms with E-state index in [-0.39, 0.29) is 5.78 Å². The number of H-pyrrole nitrogens is 1. The van der Waals surface area contributed by atoms with E-state index >= 15 is 0 Å². The van der Waals surface area contributed by atoms with Crippen LogP contribution in [0, 0.1) is 0 Å². The number of benzene rings is 2. The largest absolute Gasteiger partial charge is 0.384 e. The van der Waals surface area contributed by atoms with Gasteiger partial charge in [-0.3, -0.25) is 4.79 Å². The van der Waals surface area contributed by atoms with Crippen LogP contribution in [-0.4, -0.2) is 17.3 Å². The summed E-state index contributed by atoms with van der Waals surface area (Å²) >= 11 is 0. The van der Waals surface area contributed by atoms with Crippen molar-refractivity contribution >= 4 is 22.4 Å². The molecule has 2 aromatic carbocycles. The Labute approximate surface area is 136 Å². The van der Waals surface area contributed by atoms with Crippen molar-refractivity contribution in [2.45, 2.75) is 13.3 Å². The minimum atomic E-state index is 0.0449. The minimum absolute atomic E-state index is 0.0449. The Morgan fingerprint density at radius 3 is 2.61 bits per heavy atom. The SMILES string of the molecule is CC(=O)C=C(NCCc1c[nH]c2ccccc12)c1ccccc1. The highest BCUT2D eigenvalue weighted by Gasteiger charge is 2.05. The Morgan fingerprint density at radius 1 is 1.09 bits per heavy atom. The number of carbonyl (C=O) groups is 1. The maximum absolute atomic E-state index is 11.5. The van der Waals surface area contributed by atoms with E-state index in [1.165, 1.54) is 10.9 Å². The molecule has 0 saturated heterocycles. The molecule has 3 nitrogen and oxygen atoms in total. The number of fused-ring (bicyclic) bond motifs is 1. The van der Waals surface area contributed by atoms with E-state index in [9.17, 15) is 4.79 Å². The van der Waals surface area contributed by atoms with Gasteiger partial charge in [0, 0.05) is 35.4 Å². The fourth-order valence-electron chi connectivity index (χ4n) is 2.73. The van der Waals surface area contributed by atoms with Crippen LogP contribution in [0.3, 0.4) is 0 Å². The van der Waals surface area contributed by atoms with Crippen molar-refractivity contribution in [3.63, 3.8) is 0 Å². The second-order valence-electron chi connectivity index (χ2n) is 5.57. The average Bonchev–Trinajstić information content (AvgIpc) is 2.98. The zero-order valence-electron chi connectivity index (χ0n) is 13.2. The number of carbonyl (C=O) groups excluding carboxylic acids is 1. The first-order chi connectivity index (χ1) is 11.2. The van der Waals surface area contributed by atoms with Gasteiger partial charge in [-0.25, -0.2) is 0 Å². The maximum Gasteiger partial charge on any atom is 0.154 e. The third-order valence-corrected chi connectivity index (χ3v) is 3.82. The molecule has 0 saturated carbocycles. The molecule has 116 valence electrons. The molecule has 1 aromatic heterocycles. The van der Waals surface area contributed by atoms with Crippen LogP contribution in [0.5, 0.6) is 0 Å². The van der Waals surface area contributed by atoms with Gasteiger partial charge in [-0.15, -0.1) is 0 Å². The Bertz CT molecular complexity index is 831. The van der Waals surface area contributed by atoms with E-state index in [2.05, 4.69) is 34.7 Å². The molecule has 1 heterocycles. The highest BCUT2D eigenvalue weighted by molar-refractivity contribution is 5.94. The number of hydrogen-bond acceptors (Lipinski definition) is 2. The van der Waals surface area contributed by atoms with Crippen LogP contribution in [0.1, 0.15) is 18.1 Å². The molecule has 23 heavy (non-hydrogen) atoms. The molecule has 0 fully saturated rings. The Kier molecular flexibility index (Phi) is 4.57. The lowest BCUT2D eigenvalue weighted by Crippen LogP contribution is -2.16. The molecule has 0 aliphatic heterocycles. The molecule has 0 aliphatic carbocycles. The smallest absolute Gasteiger partial charge is 0.154 e. The fourth-order valence-corrected chi connectivity index (χ4v) is 2.73. The van der Waals surface area contributed by atoms with Gasteiger partial charge in [0.15, 0.2) is 5.78 Å². The summed E-state index contributed by atoms with van der Waals surface area (Å²) in [6, 6.07) is 18.2. The molecule has 3 heteroatoms. The fraction of sp³-hybridized carbons (Fsp3) is 0.150. The van der Waals surface area contributed by atoms with Crippen LogP contribution < -0.4 is 5.32 Å². The molecule has 0 amide bonds. The van der Waals surface area contributed by atoms with Crippen molar-refractivity contribution in [2.24, 2.45) is 0 Å². The van der Waals surface area contributed by atoms with Crippen LogP contribution in [0.4, 0.5) is 0 Å². The molecule has 0 atom stereocenters. The lowest BCUT2D eigenvalue weighted by Gasteiger charge is -2.11. The van der Waals surface area contributed by atoms with Crippen molar-refractivity contribution < 1.29 is 4.79 Å². The first-order valence-electron chi connectivity index (χ1n) is 7.80.